The molecule has 1 aliphatic carbocycles. The summed E-state index contributed by atoms with van der Waals surface area (Å²) in [4.78, 5) is 22.3. The number of amides is 1. The summed E-state index contributed by atoms with van der Waals surface area (Å²) in [7, 11) is 0. The summed E-state index contributed by atoms with van der Waals surface area (Å²) in [6.45, 7) is 2.46. The third-order valence-electron chi connectivity index (χ3n) is 2.85. The SMILES string of the molecule is CC(Cn1cccn1)NC(=O)[C@@H]1C[C@@H]1C(=O)O. The minimum atomic E-state index is -0.884. The Morgan fingerprint density at radius 1 is 1.59 bits per heavy atom. The number of hydrogen-bond acceptors (Lipinski definition) is 3. The molecule has 0 bridgehead atoms. The van der Waals surface area contributed by atoms with Crippen molar-refractivity contribution in [1.29, 1.82) is 0 Å². The van der Waals surface area contributed by atoms with E-state index in [0.717, 1.165) is 0 Å². The lowest BCUT2D eigenvalue weighted by Gasteiger charge is -2.13. The number of carbonyl (C=O) groups is 2. The highest BCUT2D eigenvalue weighted by Crippen LogP contribution is 2.38. The van der Waals surface area contributed by atoms with Crippen LogP contribution in [0, 0.1) is 11.8 Å². The number of carboxylic acids is 1. The van der Waals surface area contributed by atoms with Crippen LogP contribution in [0.25, 0.3) is 0 Å². The molecule has 1 saturated carbocycles. The van der Waals surface area contributed by atoms with Crippen molar-refractivity contribution in [2.45, 2.75) is 25.9 Å². The molecule has 6 nitrogen and oxygen atoms in total. The van der Waals surface area contributed by atoms with Crippen LogP contribution in [-0.4, -0.2) is 32.8 Å². The molecule has 1 aliphatic rings. The summed E-state index contributed by atoms with van der Waals surface area (Å²) >= 11 is 0. The van der Waals surface area contributed by atoms with Gasteiger partial charge in [-0.2, -0.15) is 5.10 Å². The van der Waals surface area contributed by atoms with Crippen molar-refractivity contribution in [3.8, 4) is 0 Å². The molecule has 1 amide bonds. The molecule has 1 heterocycles. The summed E-state index contributed by atoms with van der Waals surface area (Å²) in [5.74, 6) is -1.90. The molecule has 17 heavy (non-hydrogen) atoms. The van der Waals surface area contributed by atoms with Crippen LogP contribution in [0.4, 0.5) is 0 Å². The summed E-state index contributed by atoms with van der Waals surface area (Å²) in [6, 6.07) is 1.76. The molecule has 2 N–H and O–H groups in total. The Morgan fingerprint density at radius 3 is 2.88 bits per heavy atom. The quantitative estimate of drug-likeness (QED) is 0.761. The molecule has 1 aromatic rings. The first kappa shape index (κ1) is 11.6. The molecule has 1 fully saturated rings. The summed E-state index contributed by atoms with van der Waals surface area (Å²) < 4.78 is 1.73. The van der Waals surface area contributed by atoms with Gasteiger partial charge in [0.05, 0.1) is 18.4 Å². The fourth-order valence-corrected chi connectivity index (χ4v) is 1.84. The first-order valence-corrected chi connectivity index (χ1v) is 5.58. The van der Waals surface area contributed by atoms with Gasteiger partial charge in [0.1, 0.15) is 0 Å². The van der Waals surface area contributed by atoms with E-state index < -0.39 is 11.9 Å². The van der Waals surface area contributed by atoms with Gasteiger partial charge in [-0.15, -0.1) is 0 Å². The molecule has 1 unspecified atom stereocenters. The van der Waals surface area contributed by atoms with Crippen LogP contribution in [0.2, 0.25) is 0 Å². The van der Waals surface area contributed by atoms with Crippen LogP contribution >= 0.6 is 0 Å². The fraction of sp³-hybridized carbons (Fsp3) is 0.545. The largest absolute Gasteiger partial charge is 0.481 e. The lowest BCUT2D eigenvalue weighted by Crippen LogP contribution is -2.37. The molecule has 0 aliphatic heterocycles. The zero-order chi connectivity index (χ0) is 12.4. The minimum Gasteiger partial charge on any atom is -0.481 e. The number of rotatable bonds is 5. The Balaban J connectivity index is 1.78. The topological polar surface area (TPSA) is 84.2 Å². The average Bonchev–Trinajstić information content (AvgIpc) is 2.92. The molecule has 0 spiro atoms. The lowest BCUT2D eigenvalue weighted by atomic mass is 10.2. The first-order chi connectivity index (χ1) is 8.08. The lowest BCUT2D eigenvalue weighted by molar-refractivity contribution is -0.140. The van der Waals surface area contributed by atoms with Crippen molar-refractivity contribution in [3.63, 3.8) is 0 Å². The molecule has 3 atom stereocenters. The second kappa shape index (κ2) is 4.57. The Hall–Kier alpha value is -1.85. The summed E-state index contributed by atoms with van der Waals surface area (Å²) in [5, 5.41) is 15.6. The molecule has 2 rings (SSSR count). The van der Waals surface area contributed by atoms with E-state index in [1.807, 2.05) is 19.2 Å². The van der Waals surface area contributed by atoms with Gasteiger partial charge in [0.25, 0.3) is 0 Å². The number of carbonyl (C=O) groups excluding carboxylic acids is 1. The van der Waals surface area contributed by atoms with Crippen LogP contribution < -0.4 is 5.32 Å². The Morgan fingerprint density at radius 2 is 2.35 bits per heavy atom. The van der Waals surface area contributed by atoms with Gasteiger partial charge in [0.15, 0.2) is 0 Å². The molecular weight excluding hydrogens is 222 g/mol. The average molecular weight is 237 g/mol. The fourth-order valence-electron chi connectivity index (χ4n) is 1.84. The molecule has 0 saturated heterocycles. The van der Waals surface area contributed by atoms with Gasteiger partial charge in [-0.1, -0.05) is 0 Å². The second-order valence-electron chi connectivity index (χ2n) is 4.42. The number of hydrogen-bond donors (Lipinski definition) is 2. The zero-order valence-electron chi connectivity index (χ0n) is 9.54. The Labute approximate surface area is 98.6 Å². The highest BCUT2D eigenvalue weighted by Gasteiger charge is 2.48. The monoisotopic (exact) mass is 237 g/mol. The van der Waals surface area contributed by atoms with Crippen LogP contribution in [0.5, 0.6) is 0 Å². The van der Waals surface area contributed by atoms with Gasteiger partial charge >= 0.3 is 5.97 Å². The highest BCUT2D eigenvalue weighted by molar-refractivity contribution is 5.89. The van der Waals surface area contributed by atoms with E-state index in [1.165, 1.54) is 0 Å². The Bertz CT molecular complexity index is 416. The first-order valence-electron chi connectivity index (χ1n) is 5.58. The third-order valence-corrected chi connectivity index (χ3v) is 2.85. The summed E-state index contributed by atoms with van der Waals surface area (Å²) in [5.41, 5.74) is 0. The van der Waals surface area contributed by atoms with E-state index in [2.05, 4.69) is 10.4 Å². The van der Waals surface area contributed by atoms with Crippen LogP contribution in [0.3, 0.4) is 0 Å². The van der Waals surface area contributed by atoms with Crippen molar-refractivity contribution in [3.05, 3.63) is 18.5 Å². The number of nitrogens with one attached hydrogen (secondary N) is 1. The number of nitrogens with zero attached hydrogens (tertiary/aromatic N) is 2. The normalized spacial score (nSPS) is 24.1. The van der Waals surface area contributed by atoms with E-state index >= 15 is 0 Å². The van der Waals surface area contributed by atoms with E-state index in [1.54, 1.807) is 10.9 Å². The van der Waals surface area contributed by atoms with Crippen LogP contribution in [-0.2, 0) is 16.1 Å². The smallest absolute Gasteiger partial charge is 0.307 e. The third kappa shape index (κ3) is 2.83. The van der Waals surface area contributed by atoms with Crippen LogP contribution in [0.1, 0.15) is 13.3 Å². The van der Waals surface area contributed by atoms with E-state index in [-0.39, 0.29) is 17.9 Å². The molecular formula is C11H15N3O3. The van der Waals surface area contributed by atoms with Crippen molar-refractivity contribution in [1.82, 2.24) is 15.1 Å². The molecule has 1 aromatic heterocycles. The maximum Gasteiger partial charge on any atom is 0.307 e. The van der Waals surface area contributed by atoms with Gasteiger partial charge in [0.2, 0.25) is 5.91 Å². The van der Waals surface area contributed by atoms with Crippen molar-refractivity contribution < 1.29 is 14.7 Å². The van der Waals surface area contributed by atoms with Crippen molar-refractivity contribution in [2.24, 2.45) is 11.8 Å². The predicted octanol–water partition coefficient (Wildman–Crippen LogP) is 0.108. The molecule has 92 valence electrons. The second-order valence-corrected chi connectivity index (χ2v) is 4.42. The van der Waals surface area contributed by atoms with Gasteiger partial charge in [0, 0.05) is 18.4 Å². The molecule has 0 aromatic carbocycles. The van der Waals surface area contributed by atoms with Gasteiger partial charge in [-0.25, -0.2) is 0 Å². The Kier molecular flexibility index (Phi) is 3.12. The minimum absolute atomic E-state index is 0.0579. The predicted molar refractivity (Wildman–Crippen MR) is 59.1 cm³/mol. The number of aliphatic carboxylic acids is 1. The number of aromatic nitrogens is 2. The maximum absolute atomic E-state index is 11.7. The van der Waals surface area contributed by atoms with E-state index in [4.69, 9.17) is 5.11 Å². The molecule has 0 radical (unpaired) electrons. The van der Waals surface area contributed by atoms with Crippen molar-refractivity contribution >= 4 is 11.9 Å². The maximum atomic E-state index is 11.7. The zero-order valence-corrected chi connectivity index (χ0v) is 9.54. The molecule has 6 heteroatoms. The van der Waals surface area contributed by atoms with Gasteiger partial charge < -0.3 is 10.4 Å². The van der Waals surface area contributed by atoms with E-state index in [9.17, 15) is 9.59 Å². The summed E-state index contributed by atoms with van der Waals surface area (Å²) in [6.07, 6.45) is 3.95. The van der Waals surface area contributed by atoms with Gasteiger partial charge in [-0.05, 0) is 19.4 Å². The highest BCUT2D eigenvalue weighted by atomic mass is 16.4. The van der Waals surface area contributed by atoms with Gasteiger partial charge in [-0.3, -0.25) is 14.3 Å². The standard InChI is InChI=1S/C11H15N3O3/c1-7(6-14-4-2-3-12-14)13-10(15)8-5-9(8)11(16)17/h2-4,7-9H,5-6H2,1H3,(H,13,15)(H,16,17)/t7?,8-,9+/m1/s1. The van der Waals surface area contributed by atoms with Crippen molar-refractivity contribution in [2.75, 3.05) is 0 Å². The number of carboxylic acid groups (broad SMARTS) is 1. The van der Waals surface area contributed by atoms with Crippen LogP contribution in [0.15, 0.2) is 18.5 Å². The van der Waals surface area contributed by atoms with E-state index in [0.29, 0.717) is 13.0 Å².